The number of hydrogen-bond donors (Lipinski definition) is 2. The summed E-state index contributed by atoms with van der Waals surface area (Å²) in [5, 5.41) is 14.3. The highest BCUT2D eigenvalue weighted by Crippen LogP contribution is 2.44. The number of dihydropyridines is 2. The molecule has 4 nitrogen and oxygen atoms in total. The van der Waals surface area contributed by atoms with E-state index in [1.54, 1.807) is 17.8 Å². The molecule has 0 saturated heterocycles. The monoisotopic (exact) mass is 966 g/mol. The molecule has 7 aromatic carbocycles. The second kappa shape index (κ2) is 24.1. The topological polar surface area (TPSA) is 33.9 Å². The predicted octanol–water partition coefficient (Wildman–Crippen LogP) is 18.2. The molecule has 3 aliphatic heterocycles. The first kappa shape index (κ1) is 49.5. The number of thioether (sulfide) groups is 1. The smallest absolute Gasteiger partial charge is 0.123 e. The van der Waals surface area contributed by atoms with E-state index in [0.29, 0.717) is 6.04 Å². The lowest BCUT2D eigenvalue weighted by atomic mass is 9.98. The van der Waals surface area contributed by atoms with Gasteiger partial charge >= 0.3 is 0 Å². The number of aromatic nitrogens is 2. The summed E-state index contributed by atoms with van der Waals surface area (Å²) in [4.78, 5) is 1.24. The van der Waals surface area contributed by atoms with Crippen molar-refractivity contribution in [2.75, 3.05) is 0 Å². The van der Waals surface area contributed by atoms with E-state index in [0.717, 1.165) is 22.5 Å². The van der Waals surface area contributed by atoms with Crippen LogP contribution in [-0.2, 0) is 0 Å². The Labute approximate surface area is 435 Å². The van der Waals surface area contributed by atoms with Gasteiger partial charge in [0.2, 0.25) is 0 Å². The predicted molar refractivity (Wildman–Crippen MR) is 319 cm³/mol. The Morgan fingerprint density at radius 2 is 1.32 bits per heavy atom. The van der Waals surface area contributed by atoms with Crippen LogP contribution < -0.4 is 10.6 Å². The van der Waals surface area contributed by atoms with Crippen molar-refractivity contribution in [1.29, 1.82) is 0 Å². The van der Waals surface area contributed by atoms with Crippen LogP contribution in [0, 0.1) is 6.92 Å². The molecule has 0 spiro atoms. The Morgan fingerprint density at radius 1 is 0.616 bits per heavy atom. The summed E-state index contributed by atoms with van der Waals surface area (Å²) < 4.78 is 4.81. The number of aryl methyl sites for hydroxylation is 1. The number of allylic oxidation sites excluding steroid dienone is 13. The fourth-order valence-electron chi connectivity index (χ4n) is 9.40. The summed E-state index contributed by atoms with van der Waals surface area (Å²) in [7, 11) is 0. The number of nitrogens with one attached hydrogen (secondary N) is 2. The van der Waals surface area contributed by atoms with Crippen LogP contribution in [0.2, 0.25) is 0 Å². The first-order valence-electron chi connectivity index (χ1n) is 25.1. The van der Waals surface area contributed by atoms with Gasteiger partial charge in [0, 0.05) is 43.9 Å². The van der Waals surface area contributed by atoms with Crippen LogP contribution >= 0.6 is 11.8 Å². The molecule has 2 atom stereocenters. The van der Waals surface area contributed by atoms with E-state index in [1.807, 2.05) is 61.7 Å². The van der Waals surface area contributed by atoms with E-state index in [4.69, 9.17) is 0 Å². The van der Waals surface area contributed by atoms with Crippen LogP contribution in [0.1, 0.15) is 43.1 Å². The van der Waals surface area contributed by atoms with E-state index in [9.17, 15) is 0 Å². The molecule has 360 valence electrons. The molecule has 5 heteroatoms. The zero-order valence-corrected chi connectivity index (χ0v) is 42.7. The number of para-hydroxylation sites is 3. The molecule has 3 aliphatic rings. The second-order valence-electron chi connectivity index (χ2n) is 17.8. The van der Waals surface area contributed by atoms with Crippen molar-refractivity contribution < 1.29 is 0 Å². The van der Waals surface area contributed by atoms with Gasteiger partial charge in [-0.25, -0.2) is 0 Å². The molecule has 12 rings (SSSR count). The van der Waals surface area contributed by atoms with E-state index >= 15 is 0 Å². The fourth-order valence-corrected chi connectivity index (χ4v) is 10.4. The van der Waals surface area contributed by atoms with Gasteiger partial charge in [0.1, 0.15) is 6.17 Å². The molecule has 0 radical (unpaired) electrons. The third kappa shape index (κ3) is 11.3. The Bertz CT molecular complexity index is 3590. The first-order valence-corrected chi connectivity index (χ1v) is 26.0. The lowest BCUT2D eigenvalue weighted by Crippen LogP contribution is -2.25. The Morgan fingerprint density at radius 3 is 1.99 bits per heavy atom. The summed E-state index contributed by atoms with van der Waals surface area (Å²) >= 11 is 1.77. The number of fused-ring (bicyclic) bond motifs is 8. The van der Waals surface area contributed by atoms with E-state index in [1.165, 1.54) is 77.2 Å². The molecular formula is C68H62N4S. The summed E-state index contributed by atoms with van der Waals surface area (Å²) in [6, 6.07) is 59.2. The maximum atomic E-state index is 4.42. The van der Waals surface area contributed by atoms with Gasteiger partial charge in [-0.2, -0.15) is 0 Å². The van der Waals surface area contributed by atoms with Crippen molar-refractivity contribution in [3.05, 3.63) is 290 Å². The maximum absolute atomic E-state index is 4.42. The number of nitrogens with zero attached hydrogens (tertiary/aromatic N) is 2. The standard InChI is InChI=1S/C47H33N3S.C7H11N.C7H8.C7H10/c1-31-13-9-10-28-51-47-36(31)25-27-44-46(47)39-30-33(24-26-43(39)49(44)35-16-3-2-4-17-35)32-14-11-15-34(29-32)40-20-12-23-45(48-40)50-41-21-7-5-18-37(41)38-19-6-8-22-42(38)50;1-2-7-5-3-4-6-8-7;1-7-5-3-2-4-6-7;1-3-5-7-6-4-2/h2-30,45,48H,1H2;3-8H,2H2,1H3;2-6H,1H3;3-7H,1H2,2H3/b13-9-,28-10-;;;6-4-,7-5-. The normalized spacial score (nSPS) is 16.5. The van der Waals surface area contributed by atoms with Crippen molar-refractivity contribution >= 4 is 66.6 Å². The summed E-state index contributed by atoms with van der Waals surface area (Å²) in [5.74, 6) is 0. The third-order valence-corrected chi connectivity index (χ3v) is 13.9. The molecule has 2 aromatic heterocycles. The van der Waals surface area contributed by atoms with Crippen molar-refractivity contribution in [1.82, 2.24) is 19.8 Å². The van der Waals surface area contributed by atoms with Crippen molar-refractivity contribution in [3.63, 3.8) is 0 Å². The Kier molecular flexibility index (Phi) is 16.3. The van der Waals surface area contributed by atoms with Gasteiger partial charge in [-0.15, -0.1) is 0 Å². The van der Waals surface area contributed by atoms with Crippen LogP contribution in [0.15, 0.2) is 279 Å². The van der Waals surface area contributed by atoms with E-state index in [-0.39, 0.29) is 6.17 Å². The van der Waals surface area contributed by atoms with E-state index in [2.05, 4.69) is 246 Å². The fraction of sp³-hybridized carbons (Fsp3) is 0.0882. The lowest BCUT2D eigenvalue weighted by Gasteiger charge is -2.25. The van der Waals surface area contributed by atoms with Gasteiger partial charge in [0.15, 0.2) is 0 Å². The van der Waals surface area contributed by atoms with Crippen LogP contribution in [0.25, 0.3) is 71.7 Å². The van der Waals surface area contributed by atoms with Gasteiger partial charge in [-0.05, 0) is 126 Å². The minimum Gasteiger partial charge on any atom is -0.385 e. The average Bonchev–Trinajstić information content (AvgIpc) is 3.96. The van der Waals surface area contributed by atoms with Gasteiger partial charge in [0.05, 0.1) is 22.1 Å². The van der Waals surface area contributed by atoms with E-state index < -0.39 is 0 Å². The molecular weight excluding hydrogens is 905 g/mol. The second-order valence-corrected chi connectivity index (χ2v) is 18.8. The van der Waals surface area contributed by atoms with Crippen LogP contribution in [-0.4, -0.2) is 15.2 Å². The van der Waals surface area contributed by atoms with Crippen LogP contribution in [0.3, 0.4) is 0 Å². The molecule has 2 unspecified atom stereocenters. The Hall–Kier alpha value is -8.51. The molecule has 0 bridgehead atoms. The summed E-state index contributed by atoms with van der Waals surface area (Å²) in [6.45, 7) is 14.2. The zero-order valence-electron chi connectivity index (χ0n) is 41.9. The zero-order chi connectivity index (χ0) is 50.4. The lowest BCUT2D eigenvalue weighted by molar-refractivity contribution is 0.589. The van der Waals surface area contributed by atoms with Crippen molar-refractivity contribution in [3.8, 4) is 16.8 Å². The van der Waals surface area contributed by atoms with Gasteiger partial charge in [-0.3, -0.25) is 0 Å². The highest BCUT2D eigenvalue weighted by Gasteiger charge is 2.22. The van der Waals surface area contributed by atoms with Crippen LogP contribution in [0.4, 0.5) is 0 Å². The molecule has 9 aromatic rings. The first-order chi connectivity index (χ1) is 36.0. The molecule has 2 N–H and O–H groups in total. The molecule has 0 amide bonds. The highest BCUT2D eigenvalue weighted by molar-refractivity contribution is 8.02. The van der Waals surface area contributed by atoms with Crippen molar-refractivity contribution in [2.24, 2.45) is 0 Å². The van der Waals surface area contributed by atoms with Gasteiger partial charge in [-0.1, -0.05) is 220 Å². The molecule has 5 heterocycles. The molecule has 73 heavy (non-hydrogen) atoms. The minimum atomic E-state index is -0.0190. The highest BCUT2D eigenvalue weighted by atomic mass is 32.2. The number of hydrogen-bond acceptors (Lipinski definition) is 3. The minimum absolute atomic E-state index is 0.0190. The summed E-state index contributed by atoms with van der Waals surface area (Å²) in [6.07, 6.45) is 31.8. The summed E-state index contributed by atoms with van der Waals surface area (Å²) in [5.41, 5.74) is 14.1. The SMILES string of the molecule is C=C/C=C\C=C/C.C=C1/C=C\C=C/Sc2c1ccc1c2c2cc(-c3cccc(C4=CC=CC(n5c6ccccc6c6ccccc65)N4)c3)ccc2n1-c1ccccc1.CCC1C=CC=CN1.Cc1ccccc1. The largest absolute Gasteiger partial charge is 0.385 e. The third-order valence-electron chi connectivity index (χ3n) is 13.0. The quantitative estimate of drug-likeness (QED) is 0.156. The molecule has 0 fully saturated rings. The maximum Gasteiger partial charge on any atom is 0.123 e. The van der Waals surface area contributed by atoms with Crippen LogP contribution in [0.5, 0.6) is 0 Å². The average molecular weight is 967 g/mol. The van der Waals surface area contributed by atoms with Crippen molar-refractivity contribution in [2.45, 2.75) is 44.3 Å². The Balaban J connectivity index is 0.000000247. The molecule has 0 aliphatic carbocycles. The van der Waals surface area contributed by atoms with Gasteiger partial charge < -0.3 is 19.8 Å². The number of benzene rings is 7. The molecule has 0 saturated carbocycles. The number of rotatable bonds is 7. The van der Waals surface area contributed by atoms with Gasteiger partial charge in [0.25, 0.3) is 0 Å².